The van der Waals surface area contributed by atoms with Gasteiger partial charge in [-0.25, -0.2) is 0 Å². The van der Waals surface area contributed by atoms with E-state index in [-0.39, 0.29) is 0 Å². The van der Waals surface area contributed by atoms with E-state index in [4.69, 9.17) is 0 Å². The second kappa shape index (κ2) is 15.5. The molecule has 0 nitrogen and oxygen atoms in total. The van der Waals surface area contributed by atoms with Crippen LogP contribution in [-0.2, 0) is 0 Å². The van der Waals surface area contributed by atoms with Gasteiger partial charge in [-0.05, 0) is 162 Å². The highest BCUT2D eigenvalue weighted by molar-refractivity contribution is 7.99. The fourth-order valence-corrected chi connectivity index (χ4v) is 14.8. The topological polar surface area (TPSA) is 0 Å². The number of benzene rings is 14. The SMILES string of the molecule is c1ccc2cc(-c3c4ccccc4c(-c4ccc5c(c4)Sc4cccc6c4c-5cc4sc5cc(-c7c8ccccc8c(-c8ccc9ccccc9c8)c8ccccc78)ccc5c46)c4ccccc34)ccc2c1. The van der Waals surface area contributed by atoms with Crippen molar-refractivity contribution in [3.8, 4) is 55.6 Å². The molecule has 0 bridgehead atoms. The zero-order valence-electron chi connectivity index (χ0n) is 38.9. The molecule has 0 radical (unpaired) electrons. The molecule has 0 amide bonds. The van der Waals surface area contributed by atoms with Crippen molar-refractivity contribution in [2.24, 2.45) is 0 Å². The summed E-state index contributed by atoms with van der Waals surface area (Å²) in [7, 11) is 0. The number of hydrogen-bond acceptors (Lipinski definition) is 2. The standard InChI is InChI=1S/C70H40S2/c1-3-16-43-36-45(30-28-41(43)14-1)65-50-18-5-9-22-54(50)67(55-23-10-6-19-51(55)65)47-32-34-49-60-40-64-69(59-26-13-27-61(70(59)60)71-62(49)38-47)58-35-33-48(39-63(58)72-64)68-56-24-11-7-20-52(56)66(53-21-8-12-25-57(53)68)46-31-29-42-15-2-4-17-44(42)37-46/h1-40H. The maximum Gasteiger partial charge on any atom is 0.0368 e. The molecule has 0 spiro atoms. The van der Waals surface area contributed by atoms with Crippen molar-refractivity contribution in [2.45, 2.75) is 9.79 Å². The second-order valence-electron chi connectivity index (χ2n) is 19.4. The molecule has 0 aliphatic carbocycles. The van der Waals surface area contributed by atoms with Crippen LogP contribution in [-0.4, -0.2) is 0 Å². The van der Waals surface area contributed by atoms with Crippen molar-refractivity contribution < 1.29 is 0 Å². The van der Waals surface area contributed by atoms with Crippen LogP contribution in [0.15, 0.2) is 252 Å². The summed E-state index contributed by atoms with van der Waals surface area (Å²) in [6, 6.07) is 91.2. The molecule has 15 aromatic rings. The maximum absolute atomic E-state index is 2.50. The molecule has 332 valence electrons. The van der Waals surface area contributed by atoms with E-state index < -0.39 is 0 Å². The first-order chi connectivity index (χ1) is 35.7. The van der Waals surface area contributed by atoms with E-state index in [0.29, 0.717) is 0 Å². The van der Waals surface area contributed by atoms with Crippen LogP contribution in [0.1, 0.15) is 0 Å². The second-order valence-corrected chi connectivity index (χ2v) is 21.6. The highest BCUT2D eigenvalue weighted by Crippen LogP contribution is 2.54. The van der Waals surface area contributed by atoms with Crippen LogP contribution in [0.5, 0.6) is 0 Å². The van der Waals surface area contributed by atoms with E-state index in [0.717, 1.165) is 0 Å². The van der Waals surface area contributed by atoms with Gasteiger partial charge in [-0.15, -0.1) is 11.3 Å². The highest BCUT2D eigenvalue weighted by Gasteiger charge is 2.25. The number of fused-ring (bicyclic) bond motifs is 12. The van der Waals surface area contributed by atoms with E-state index in [9.17, 15) is 0 Å². The van der Waals surface area contributed by atoms with Gasteiger partial charge in [0.15, 0.2) is 0 Å². The molecule has 0 unspecified atom stereocenters. The third-order valence-corrected chi connectivity index (χ3v) is 17.8. The molecule has 1 aromatic heterocycles. The Morgan fingerprint density at radius 2 is 0.639 bits per heavy atom. The molecule has 72 heavy (non-hydrogen) atoms. The summed E-state index contributed by atoms with van der Waals surface area (Å²) >= 11 is 3.84. The van der Waals surface area contributed by atoms with Crippen molar-refractivity contribution in [3.63, 3.8) is 0 Å². The lowest BCUT2D eigenvalue weighted by Crippen LogP contribution is -1.95. The van der Waals surface area contributed by atoms with Gasteiger partial charge in [0.1, 0.15) is 0 Å². The first-order valence-corrected chi connectivity index (χ1v) is 26.4. The summed E-state index contributed by atoms with van der Waals surface area (Å²) in [4.78, 5) is 2.61. The molecule has 0 fully saturated rings. The van der Waals surface area contributed by atoms with Crippen LogP contribution in [0.2, 0.25) is 0 Å². The van der Waals surface area contributed by atoms with Gasteiger partial charge < -0.3 is 0 Å². The van der Waals surface area contributed by atoms with Gasteiger partial charge in [0.05, 0.1) is 0 Å². The Balaban J connectivity index is 0.854. The molecule has 14 aromatic carbocycles. The van der Waals surface area contributed by atoms with E-state index in [1.807, 2.05) is 23.1 Å². The fourth-order valence-electron chi connectivity index (χ4n) is 12.5. The Hall–Kier alpha value is -8.53. The number of rotatable bonds is 4. The normalized spacial score (nSPS) is 12.4. The summed E-state index contributed by atoms with van der Waals surface area (Å²) < 4.78 is 2.64. The Morgan fingerprint density at radius 3 is 1.15 bits per heavy atom. The zero-order valence-corrected chi connectivity index (χ0v) is 40.5. The van der Waals surface area contributed by atoms with Crippen molar-refractivity contribution in [1.82, 2.24) is 0 Å². The van der Waals surface area contributed by atoms with Crippen LogP contribution in [0.25, 0.3) is 151 Å². The summed E-state index contributed by atoms with van der Waals surface area (Å²) in [5.74, 6) is 0. The highest BCUT2D eigenvalue weighted by atomic mass is 32.2. The molecule has 2 heterocycles. The van der Waals surface area contributed by atoms with Crippen LogP contribution < -0.4 is 0 Å². The van der Waals surface area contributed by atoms with Gasteiger partial charge in [-0.2, -0.15) is 0 Å². The molecule has 0 N–H and O–H groups in total. The Kier molecular flexibility index (Phi) is 8.65. The minimum atomic E-state index is 1.25. The molecular formula is C70H40S2. The predicted octanol–water partition coefficient (Wildman–Crippen LogP) is 20.9. The maximum atomic E-state index is 2.50. The first kappa shape index (κ1) is 40.2. The summed E-state index contributed by atoms with van der Waals surface area (Å²) in [5.41, 5.74) is 12.8. The van der Waals surface area contributed by atoms with Gasteiger partial charge in [0.25, 0.3) is 0 Å². The van der Waals surface area contributed by atoms with Gasteiger partial charge >= 0.3 is 0 Å². The fraction of sp³-hybridized carbons (Fsp3) is 0. The third-order valence-electron chi connectivity index (χ3n) is 15.6. The van der Waals surface area contributed by atoms with Gasteiger partial charge in [-0.3, -0.25) is 0 Å². The number of hydrogen-bond donors (Lipinski definition) is 0. The van der Waals surface area contributed by atoms with Crippen molar-refractivity contribution in [1.29, 1.82) is 0 Å². The minimum Gasteiger partial charge on any atom is -0.135 e. The monoisotopic (exact) mass is 944 g/mol. The van der Waals surface area contributed by atoms with Crippen LogP contribution in [0.3, 0.4) is 0 Å². The molecule has 1 aliphatic rings. The molecule has 0 saturated heterocycles. The predicted molar refractivity (Wildman–Crippen MR) is 313 cm³/mol. The van der Waals surface area contributed by atoms with E-state index in [2.05, 4.69) is 243 Å². The lowest BCUT2D eigenvalue weighted by molar-refractivity contribution is 1.40. The molecule has 0 saturated carbocycles. The zero-order chi connectivity index (χ0) is 47.0. The molecular weight excluding hydrogens is 905 g/mol. The first-order valence-electron chi connectivity index (χ1n) is 24.8. The molecule has 1 aliphatic heterocycles. The van der Waals surface area contributed by atoms with Crippen LogP contribution in [0.4, 0.5) is 0 Å². The van der Waals surface area contributed by atoms with Crippen LogP contribution >= 0.6 is 23.1 Å². The van der Waals surface area contributed by atoms with Gasteiger partial charge in [0, 0.05) is 35.3 Å². The van der Waals surface area contributed by atoms with E-state index in [1.54, 1.807) is 0 Å². The van der Waals surface area contributed by atoms with Gasteiger partial charge in [-0.1, -0.05) is 218 Å². The summed E-state index contributed by atoms with van der Waals surface area (Å²) in [6.45, 7) is 0. The lowest BCUT2D eigenvalue weighted by atomic mass is 9.85. The lowest BCUT2D eigenvalue weighted by Gasteiger charge is -2.23. The van der Waals surface area contributed by atoms with Crippen LogP contribution in [0, 0.1) is 0 Å². The quantitative estimate of drug-likeness (QED) is 0.158. The Bertz CT molecular complexity index is 4730. The molecule has 2 heteroatoms. The smallest absolute Gasteiger partial charge is 0.0368 e. The van der Waals surface area contributed by atoms with Crippen molar-refractivity contribution in [3.05, 3.63) is 243 Å². The van der Waals surface area contributed by atoms with E-state index in [1.165, 1.54) is 161 Å². The summed E-state index contributed by atoms with van der Waals surface area (Å²) in [5, 5.41) is 20.6. The molecule has 16 rings (SSSR count). The third kappa shape index (κ3) is 5.88. The Labute approximate surface area is 424 Å². The van der Waals surface area contributed by atoms with Crippen molar-refractivity contribution >= 4 is 119 Å². The largest absolute Gasteiger partial charge is 0.135 e. The van der Waals surface area contributed by atoms with E-state index >= 15 is 0 Å². The Morgan fingerprint density at radius 1 is 0.222 bits per heavy atom. The average Bonchev–Trinajstić information content (AvgIpc) is 3.81. The molecule has 0 atom stereocenters. The van der Waals surface area contributed by atoms with Gasteiger partial charge in [0.2, 0.25) is 0 Å². The minimum absolute atomic E-state index is 1.25. The van der Waals surface area contributed by atoms with Crippen molar-refractivity contribution in [2.75, 3.05) is 0 Å². The average molecular weight is 945 g/mol. The summed E-state index contributed by atoms with van der Waals surface area (Å²) in [6.07, 6.45) is 0. The number of thiophene rings is 1.